The molecule has 2 saturated heterocycles. The zero-order chi connectivity index (χ0) is 23.0. The third kappa shape index (κ3) is 3.87. The van der Waals surface area contributed by atoms with Crippen LogP contribution in [0.2, 0.25) is 0 Å². The van der Waals surface area contributed by atoms with E-state index in [4.69, 9.17) is 0 Å². The number of carboxylic acid groups (broad SMARTS) is 1. The second-order valence-corrected chi connectivity index (χ2v) is 9.70. The normalized spacial score (nSPS) is 24.4. The lowest BCUT2D eigenvalue weighted by Gasteiger charge is -2.46. The summed E-state index contributed by atoms with van der Waals surface area (Å²) in [6.07, 6.45) is 0.0700. The number of thioether (sulfide) groups is 1. The summed E-state index contributed by atoms with van der Waals surface area (Å²) >= 11 is 1.34. The SMILES string of the molecule is C=C(CC(=O)OC)NC(C(=O)N[C@@]1(C(=O)O)N2C(=O)C[C@H]2SC1(C)C)c1ccccc1. The highest BCUT2D eigenvalue weighted by Gasteiger charge is 2.70. The van der Waals surface area contributed by atoms with Gasteiger partial charge in [-0.1, -0.05) is 36.9 Å². The molecule has 3 N–H and O–H groups in total. The molecule has 0 aliphatic carbocycles. The van der Waals surface area contributed by atoms with E-state index in [1.165, 1.54) is 23.8 Å². The smallest absolute Gasteiger partial charge is 0.352 e. The van der Waals surface area contributed by atoms with Gasteiger partial charge in [0.05, 0.1) is 30.1 Å². The van der Waals surface area contributed by atoms with E-state index in [0.717, 1.165) is 0 Å². The van der Waals surface area contributed by atoms with Crippen LogP contribution in [0, 0.1) is 0 Å². The van der Waals surface area contributed by atoms with E-state index in [1.807, 2.05) is 0 Å². The molecule has 1 unspecified atom stereocenters. The van der Waals surface area contributed by atoms with Crippen molar-refractivity contribution in [2.75, 3.05) is 7.11 Å². The molecule has 0 aromatic heterocycles. The van der Waals surface area contributed by atoms with E-state index in [9.17, 15) is 24.3 Å². The first kappa shape index (κ1) is 22.7. The topological polar surface area (TPSA) is 125 Å². The number of nitrogens with zero attached hydrogens (tertiary/aromatic N) is 1. The van der Waals surface area contributed by atoms with Crippen LogP contribution in [0.25, 0.3) is 0 Å². The van der Waals surface area contributed by atoms with Crippen molar-refractivity contribution in [3.8, 4) is 0 Å². The van der Waals surface area contributed by atoms with Gasteiger partial charge in [0.15, 0.2) is 0 Å². The fourth-order valence-corrected chi connectivity index (χ4v) is 5.62. The molecule has 0 radical (unpaired) electrons. The van der Waals surface area contributed by atoms with E-state index in [2.05, 4.69) is 21.9 Å². The van der Waals surface area contributed by atoms with E-state index in [-0.39, 0.29) is 29.8 Å². The Morgan fingerprint density at radius 3 is 2.52 bits per heavy atom. The van der Waals surface area contributed by atoms with Gasteiger partial charge in [-0.05, 0) is 19.4 Å². The van der Waals surface area contributed by atoms with Gasteiger partial charge in [-0.15, -0.1) is 11.8 Å². The van der Waals surface area contributed by atoms with Gasteiger partial charge in [-0.2, -0.15) is 0 Å². The maximum atomic E-state index is 13.4. The van der Waals surface area contributed by atoms with Crippen molar-refractivity contribution < 1.29 is 29.0 Å². The number of aliphatic carboxylic acids is 1. The van der Waals surface area contributed by atoms with Crippen molar-refractivity contribution in [2.24, 2.45) is 0 Å². The van der Waals surface area contributed by atoms with Gasteiger partial charge >= 0.3 is 11.9 Å². The summed E-state index contributed by atoms with van der Waals surface area (Å²) in [5.74, 6) is -2.83. The highest BCUT2D eigenvalue weighted by Crippen LogP contribution is 2.55. The molecule has 2 amide bonds. The summed E-state index contributed by atoms with van der Waals surface area (Å²) in [5, 5.41) is 15.4. The Morgan fingerprint density at radius 1 is 1.32 bits per heavy atom. The summed E-state index contributed by atoms with van der Waals surface area (Å²) in [6.45, 7) is 7.16. The minimum absolute atomic E-state index is 0.161. The van der Waals surface area contributed by atoms with E-state index < -0.39 is 34.3 Å². The fourth-order valence-electron chi connectivity index (χ4n) is 3.92. The van der Waals surface area contributed by atoms with E-state index in [0.29, 0.717) is 5.56 Å². The lowest BCUT2D eigenvalue weighted by atomic mass is 9.89. The van der Waals surface area contributed by atoms with Gasteiger partial charge in [0.25, 0.3) is 0 Å². The summed E-state index contributed by atoms with van der Waals surface area (Å²) in [4.78, 5) is 51.0. The average Bonchev–Trinajstić information content (AvgIpc) is 2.89. The van der Waals surface area contributed by atoms with Crippen LogP contribution in [-0.2, 0) is 23.9 Å². The van der Waals surface area contributed by atoms with Gasteiger partial charge in [-0.25, -0.2) is 4.79 Å². The van der Waals surface area contributed by atoms with Crippen LogP contribution in [0.4, 0.5) is 0 Å². The molecule has 3 rings (SSSR count). The van der Waals surface area contributed by atoms with Crippen LogP contribution >= 0.6 is 11.8 Å². The standard InChI is InChI=1S/C21H25N3O6S/c1-12(10-16(26)30-4)22-17(13-8-6-5-7-9-13)18(27)23-21(19(28)29)20(2,3)31-15-11-14(25)24(15)21/h5-9,15,17,22H,1,10-11H2,2-4H3,(H,23,27)(H,28,29)/t15-,17?,21+/m1/s1. The number of carbonyl (C=O) groups is 4. The lowest BCUT2D eigenvalue weighted by Crippen LogP contribution is -2.75. The molecular weight excluding hydrogens is 422 g/mol. The molecule has 9 nitrogen and oxygen atoms in total. The zero-order valence-electron chi connectivity index (χ0n) is 17.5. The third-order valence-electron chi connectivity index (χ3n) is 5.51. The van der Waals surface area contributed by atoms with E-state index in [1.54, 1.807) is 44.2 Å². The van der Waals surface area contributed by atoms with Crippen molar-refractivity contribution in [2.45, 2.75) is 48.5 Å². The molecule has 3 atom stereocenters. The molecule has 2 aliphatic heterocycles. The summed E-state index contributed by atoms with van der Waals surface area (Å²) in [6, 6.07) is 7.60. The van der Waals surface area contributed by atoms with Gasteiger partial charge in [0, 0.05) is 5.70 Å². The summed E-state index contributed by atoms with van der Waals surface area (Å²) < 4.78 is 3.65. The van der Waals surface area contributed by atoms with Crippen molar-refractivity contribution in [1.29, 1.82) is 0 Å². The molecule has 166 valence electrons. The quantitative estimate of drug-likeness (QED) is 0.403. The van der Waals surface area contributed by atoms with Gasteiger partial charge in [0.2, 0.25) is 17.5 Å². The number of amides is 2. The van der Waals surface area contributed by atoms with Crippen molar-refractivity contribution >= 4 is 35.5 Å². The van der Waals surface area contributed by atoms with Gasteiger partial charge < -0.3 is 20.5 Å². The molecule has 2 fully saturated rings. The van der Waals surface area contributed by atoms with Crippen LogP contribution in [-0.4, -0.2) is 56.7 Å². The maximum absolute atomic E-state index is 13.4. The van der Waals surface area contributed by atoms with Crippen molar-refractivity contribution in [3.63, 3.8) is 0 Å². The van der Waals surface area contributed by atoms with Crippen LogP contribution < -0.4 is 10.6 Å². The maximum Gasteiger partial charge on any atom is 0.352 e. The highest BCUT2D eigenvalue weighted by molar-refractivity contribution is 8.01. The molecule has 1 aromatic carbocycles. The summed E-state index contributed by atoms with van der Waals surface area (Å²) in [5.41, 5.74) is -1.13. The number of fused-ring (bicyclic) bond motifs is 1. The second kappa shape index (κ2) is 8.26. The number of nitrogens with one attached hydrogen (secondary N) is 2. The number of rotatable bonds is 8. The number of benzene rings is 1. The molecule has 0 spiro atoms. The number of β-lactam (4-membered cyclic amide) rings is 1. The monoisotopic (exact) mass is 447 g/mol. The van der Waals surface area contributed by atoms with Crippen molar-refractivity contribution in [1.82, 2.24) is 15.5 Å². The van der Waals surface area contributed by atoms with Gasteiger partial charge in [-0.3, -0.25) is 19.3 Å². The number of methoxy groups -OCH3 is 1. The molecule has 31 heavy (non-hydrogen) atoms. The Morgan fingerprint density at radius 2 is 1.97 bits per heavy atom. The predicted octanol–water partition coefficient (Wildman–Crippen LogP) is 1.38. The van der Waals surface area contributed by atoms with Crippen LogP contribution in [0.15, 0.2) is 42.6 Å². The molecule has 10 heteroatoms. The fraction of sp³-hybridized carbons (Fsp3) is 0.429. The van der Waals surface area contributed by atoms with E-state index >= 15 is 0 Å². The average molecular weight is 448 g/mol. The Labute approximate surface area is 184 Å². The number of ether oxygens (including phenoxy) is 1. The molecule has 0 bridgehead atoms. The Kier molecular flexibility index (Phi) is 6.04. The predicted molar refractivity (Wildman–Crippen MR) is 114 cm³/mol. The minimum Gasteiger partial charge on any atom is -0.478 e. The number of carboxylic acids is 1. The zero-order valence-corrected chi connectivity index (χ0v) is 18.3. The third-order valence-corrected chi connectivity index (χ3v) is 7.05. The molecule has 0 saturated carbocycles. The first-order valence-electron chi connectivity index (χ1n) is 9.65. The largest absolute Gasteiger partial charge is 0.478 e. The molecule has 1 aromatic rings. The Hall–Kier alpha value is -3.01. The molecule has 2 aliphatic rings. The number of carbonyl (C=O) groups excluding carboxylic acids is 3. The number of hydrogen-bond acceptors (Lipinski definition) is 7. The van der Waals surface area contributed by atoms with Crippen molar-refractivity contribution in [3.05, 3.63) is 48.2 Å². The number of esters is 1. The minimum atomic E-state index is -1.91. The second-order valence-electron chi connectivity index (χ2n) is 7.90. The number of hydrogen-bond donors (Lipinski definition) is 3. The molecular formula is C21H25N3O6S. The van der Waals surface area contributed by atoms with Crippen LogP contribution in [0.1, 0.15) is 38.3 Å². The summed E-state index contributed by atoms with van der Waals surface area (Å²) in [7, 11) is 1.24. The van der Waals surface area contributed by atoms with Gasteiger partial charge in [0.1, 0.15) is 6.04 Å². The Balaban J connectivity index is 1.93. The first-order valence-corrected chi connectivity index (χ1v) is 10.5. The molecule has 2 heterocycles. The Bertz CT molecular complexity index is 934. The van der Waals surface area contributed by atoms with Crippen LogP contribution in [0.5, 0.6) is 0 Å². The lowest BCUT2D eigenvalue weighted by molar-refractivity contribution is -0.173. The first-order chi connectivity index (χ1) is 14.5. The highest BCUT2D eigenvalue weighted by atomic mass is 32.2. The van der Waals surface area contributed by atoms with Crippen LogP contribution in [0.3, 0.4) is 0 Å².